The number of phenols is 3. The average Bonchev–Trinajstić information content (AvgIpc) is 2.42. The van der Waals surface area contributed by atoms with Crippen LogP contribution in [0.3, 0.4) is 0 Å². The van der Waals surface area contributed by atoms with Crippen molar-refractivity contribution in [3.8, 4) is 23.0 Å². The van der Waals surface area contributed by atoms with E-state index in [9.17, 15) is 20.1 Å². The number of phenolic OH excluding ortho intramolecular Hbond substituents is 3. The summed E-state index contributed by atoms with van der Waals surface area (Å²) in [6, 6.07) is 8.35. The van der Waals surface area contributed by atoms with Crippen LogP contribution in [0.4, 0.5) is 0 Å². The summed E-state index contributed by atoms with van der Waals surface area (Å²) in [5, 5.41) is 36.6. The molecule has 0 radical (unpaired) electrons. The number of benzene rings is 2. The minimum absolute atomic E-state index is 0.0494. The van der Waals surface area contributed by atoms with Gasteiger partial charge in [-0.15, -0.1) is 0 Å². The van der Waals surface area contributed by atoms with Crippen LogP contribution in [0.1, 0.15) is 15.9 Å². The molecular weight excluding hydrogens is 264 g/mol. The lowest BCUT2D eigenvalue weighted by Crippen LogP contribution is -1.98. The summed E-state index contributed by atoms with van der Waals surface area (Å²) in [4.78, 5) is 10.7. The Bertz CT molecular complexity index is 610. The van der Waals surface area contributed by atoms with Crippen LogP contribution < -0.4 is 4.74 Å². The van der Waals surface area contributed by atoms with E-state index < -0.39 is 23.2 Å². The Hall–Kier alpha value is -2.89. The van der Waals surface area contributed by atoms with Gasteiger partial charge < -0.3 is 25.2 Å². The molecule has 6 nitrogen and oxygen atoms in total. The Labute approximate surface area is 114 Å². The van der Waals surface area contributed by atoms with Gasteiger partial charge in [0.2, 0.25) is 0 Å². The van der Waals surface area contributed by atoms with E-state index in [0.717, 1.165) is 0 Å². The maximum atomic E-state index is 10.7. The van der Waals surface area contributed by atoms with E-state index in [2.05, 4.69) is 0 Å². The van der Waals surface area contributed by atoms with Gasteiger partial charge in [0.1, 0.15) is 12.4 Å². The molecule has 0 saturated carbocycles. The normalized spacial score (nSPS) is 10.2. The molecule has 0 aliphatic carbocycles. The lowest BCUT2D eigenvalue weighted by atomic mass is 10.2. The summed E-state index contributed by atoms with van der Waals surface area (Å²) >= 11 is 0. The predicted molar refractivity (Wildman–Crippen MR) is 69.2 cm³/mol. The Morgan fingerprint density at radius 2 is 1.55 bits per heavy atom. The van der Waals surface area contributed by atoms with Crippen LogP contribution in [0.2, 0.25) is 0 Å². The van der Waals surface area contributed by atoms with E-state index in [1.165, 1.54) is 36.4 Å². The third kappa shape index (κ3) is 2.92. The lowest BCUT2D eigenvalue weighted by molar-refractivity contribution is 0.0697. The number of hydrogen-bond acceptors (Lipinski definition) is 5. The third-order valence-corrected chi connectivity index (χ3v) is 2.64. The van der Waals surface area contributed by atoms with Crippen molar-refractivity contribution in [1.29, 1.82) is 0 Å². The highest BCUT2D eigenvalue weighted by Crippen LogP contribution is 2.35. The highest BCUT2D eigenvalue weighted by molar-refractivity contribution is 5.87. The van der Waals surface area contributed by atoms with Crippen molar-refractivity contribution in [2.45, 2.75) is 6.61 Å². The summed E-state index contributed by atoms with van der Waals surface area (Å²) in [5.74, 6) is -2.04. The molecule has 0 atom stereocenters. The van der Waals surface area contributed by atoms with Crippen molar-refractivity contribution < 1.29 is 30.0 Å². The molecule has 0 aromatic heterocycles. The van der Waals surface area contributed by atoms with Gasteiger partial charge in [-0.2, -0.15) is 0 Å². The van der Waals surface area contributed by atoms with Crippen molar-refractivity contribution in [2.75, 3.05) is 0 Å². The van der Waals surface area contributed by atoms with Crippen LogP contribution in [0.25, 0.3) is 0 Å². The van der Waals surface area contributed by atoms with E-state index in [0.29, 0.717) is 11.3 Å². The van der Waals surface area contributed by atoms with Crippen LogP contribution in [0, 0.1) is 0 Å². The second kappa shape index (κ2) is 5.40. The minimum Gasteiger partial charge on any atom is -0.504 e. The molecule has 0 saturated heterocycles. The Morgan fingerprint density at radius 3 is 2.05 bits per heavy atom. The molecule has 0 fully saturated rings. The van der Waals surface area contributed by atoms with Gasteiger partial charge in [-0.1, -0.05) is 0 Å². The van der Waals surface area contributed by atoms with E-state index in [-0.39, 0.29) is 12.2 Å². The van der Waals surface area contributed by atoms with Crippen molar-refractivity contribution in [3.05, 3.63) is 47.5 Å². The molecule has 0 heterocycles. The molecule has 6 heteroatoms. The molecule has 0 unspecified atom stereocenters. The second-order valence-corrected chi connectivity index (χ2v) is 4.10. The molecule has 2 rings (SSSR count). The van der Waals surface area contributed by atoms with E-state index >= 15 is 0 Å². The van der Waals surface area contributed by atoms with Gasteiger partial charge in [-0.05, 0) is 42.0 Å². The first kappa shape index (κ1) is 13.5. The molecule has 0 aliphatic heterocycles. The smallest absolute Gasteiger partial charge is 0.335 e. The van der Waals surface area contributed by atoms with Crippen LogP contribution in [-0.2, 0) is 6.61 Å². The second-order valence-electron chi connectivity index (χ2n) is 4.10. The van der Waals surface area contributed by atoms with Crippen LogP contribution in [0.5, 0.6) is 23.0 Å². The summed E-state index contributed by atoms with van der Waals surface area (Å²) in [6.07, 6.45) is 0. The monoisotopic (exact) mass is 276 g/mol. The summed E-state index contributed by atoms with van der Waals surface area (Å²) < 4.78 is 5.38. The number of aromatic hydroxyl groups is 3. The first-order valence-electron chi connectivity index (χ1n) is 5.67. The van der Waals surface area contributed by atoms with Crippen molar-refractivity contribution in [2.24, 2.45) is 0 Å². The van der Waals surface area contributed by atoms with Gasteiger partial charge in [0.25, 0.3) is 0 Å². The van der Waals surface area contributed by atoms with Gasteiger partial charge >= 0.3 is 5.97 Å². The van der Waals surface area contributed by atoms with Gasteiger partial charge in [-0.25, -0.2) is 4.79 Å². The Morgan fingerprint density at radius 1 is 1.00 bits per heavy atom. The number of hydrogen-bond donors (Lipinski definition) is 4. The fraction of sp³-hybridized carbons (Fsp3) is 0.0714. The highest BCUT2D eigenvalue weighted by Gasteiger charge is 2.08. The Balaban J connectivity index is 2.07. The SMILES string of the molecule is O=C(O)c1ccc(OCc2cc(O)c(O)c(O)c2)cc1. The molecule has 0 aliphatic rings. The van der Waals surface area contributed by atoms with Crippen molar-refractivity contribution >= 4 is 5.97 Å². The Kier molecular flexibility index (Phi) is 3.65. The first-order valence-corrected chi connectivity index (χ1v) is 5.67. The molecule has 0 bridgehead atoms. The van der Waals surface area contributed by atoms with E-state index in [4.69, 9.17) is 9.84 Å². The minimum atomic E-state index is -1.02. The fourth-order valence-corrected chi connectivity index (χ4v) is 1.60. The largest absolute Gasteiger partial charge is 0.504 e. The zero-order valence-electron chi connectivity index (χ0n) is 10.3. The molecule has 0 amide bonds. The quantitative estimate of drug-likeness (QED) is 0.637. The van der Waals surface area contributed by atoms with E-state index in [1.54, 1.807) is 0 Å². The number of ether oxygens (including phenoxy) is 1. The van der Waals surface area contributed by atoms with Crippen molar-refractivity contribution in [1.82, 2.24) is 0 Å². The zero-order chi connectivity index (χ0) is 14.7. The molecule has 2 aromatic rings. The number of carboxylic acids is 1. The molecular formula is C14H12O6. The number of carbonyl (C=O) groups is 1. The summed E-state index contributed by atoms with van der Waals surface area (Å²) in [5.41, 5.74) is 0.609. The molecule has 4 N–H and O–H groups in total. The first-order chi connectivity index (χ1) is 9.47. The van der Waals surface area contributed by atoms with E-state index in [1.807, 2.05) is 0 Å². The molecule has 104 valence electrons. The van der Waals surface area contributed by atoms with Crippen LogP contribution in [0.15, 0.2) is 36.4 Å². The number of carboxylic acid groups (broad SMARTS) is 1. The van der Waals surface area contributed by atoms with Crippen LogP contribution in [-0.4, -0.2) is 26.4 Å². The average molecular weight is 276 g/mol. The third-order valence-electron chi connectivity index (χ3n) is 2.64. The number of rotatable bonds is 4. The highest BCUT2D eigenvalue weighted by atomic mass is 16.5. The molecule has 0 spiro atoms. The molecule has 20 heavy (non-hydrogen) atoms. The maximum Gasteiger partial charge on any atom is 0.335 e. The van der Waals surface area contributed by atoms with Gasteiger partial charge in [0.15, 0.2) is 17.2 Å². The lowest BCUT2D eigenvalue weighted by Gasteiger charge is -2.08. The van der Waals surface area contributed by atoms with Gasteiger partial charge in [0.05, 0.1) is 5.56 Å². The standard InChI is InChI=1S/C14H12O6/c15-11-5-8(6-12(16)13(11)17)7-20-10-3-1-9(2-4-10)14(18)19/h1-6,15-17H,7H2,(H,18,19). The van der Waals surface area contributed by atoms with Crippen molar-refractivity contribution in [3.63, 3.8) is 0 Å². The summed E-state index contributed by atoms with van der Waals surface area (Å²) in [7, 11) is 0. The fourth-order valence-electron chi connectivity index (χ4n) is 1.60. The van der Waals surface area contributed by atoms with Gasteiger partial charge in [0, 0.05) is 0 Å². The van der Waals surface area contributed by atoms with Gasteiger partial charge in [-0.3, -0.25) is 0 Å². The number of aromatic carboxylic acids is 1. The molecule has 2 aromatic carbocycles. The topological polar surface area (TPSA) is 107 Å². The predicted octanol–water partition coefficient (Wildman–Crippen LogP) is 2.08. The maximum absolute atomic E-state index is 10.7. The van der Waals surface area contributed by atoms with Crippen LogP contribution >= 0.6 is 0 Å². The zero-order valence-corrected chi connectivity index (χ0v) is 10.3. The summed E-state index contributed by atoms with van der Waals surface area (Å²) in [6.45, 7) is 0.0494.